The van der Waals surface area contributed by atoms with E-state index >= 15 is 0 Å². The number of fused-ring (bicyclic) bond motifs is 1. The van der Waals surface area contributed by atoms with Crippen molar-refractivity contribution in [2.24, 2.45) is 0 Å². The van der Waals surface area contributed by atoms with Gasteiger partial charge in [-0.1, -0.05) is 17.2 Å². The molecule has 1 atom stereocenters. The van der Waals surface area contributed by atoms with Crippen LogP contribution in [0.4, 0.5) is 0 Å². The highest BCUT2D eigenvalue weighted by atomic mass is 16.6. The predicted molar refractivity (Wildman–Crippen MR) is 126 cm³/mol. The van der Waals surface area contributed by atoms with Crippen LogP contribution in [-0.2, 0) is 9.53 Å². The van der Waals surface area contributed by atoms with Crippen molar-refractivity contribution in [1.82, 2.24) is 0 Å². The fourth-order valence-corrected chi connectivity index (χ4v) is 3.28. The molecule has 6 nitrogen and oxygen atoms in total. The van der Waals surface area contributed by atoms with E-state index in [0.29, 0.717) is 24.4 Å². The van der Waals surface area contributed by atoms with Gasteiger partial charge in [-0.2, -0.15) is 0 Å². The Balaban J connectivity index is 1.78. The molecular weight excluding hydrogens is 408 g/mol. The van der Waals surface area contributed by atoms with E-state index in [-0.39, 0.29) is 11.6 Å². The SMILES string of the molecule is CC(=O)O[C@H](CCC(C)=CCCC(C)=CCOc1ccc2ccc(=O)oc2c1)C(C)(C)O. The monoisotopic (exact) mass is 442 g/mol. The summed E-state index contributed by atoms with van der Waals surface area (Å²) in [6, 6.07) is 8.57. The van der Waals surface area contributed by atoms with Crippen LogP contribution in [0, 0.1) is 0 Å². The number of carbonyl (C=O) groups excluding carboxylic acids is 1. The van der Waals surface area contributed by atoms with Gasteiger partial charge in [-0.3, -0.25) is 4.79 Å². The van der Waals surface area contributed by atoms with E-state index in [1.807, 2.05) is 18.2 Å². The van der Waals surface area contributed by atoms with Gasteiger partial charge in [-0.15, -0.1) is 0 Å². The molecule has 0 saturated carbocycles. The van der Waals surface area contributed by atoms with E-state index in [2.05, 4.69) is 19.9 Å². The normalized spacial score (nSPS) is 13.8. The van der Waals surface area contributed by atoms with Crippen molar-refractivity contribution in [3.8, 4) is 5.75 Å². The first kappa shape index (κ1) is 25.4. The number of hydrogen-bond acceptors (Lipinski definition) is 6. The van der Waals surface area contributed by atoms with Crippen LogP contribution in [0.5, 0.6) is 5.75 Å². The van der Waals surface area contributed by atoms with Crippen LogP contribution in [0.2, 0.25) is 0 Å². The number of aliphatic hydroxyl groups is 1. The standard InChI is InChI=1S/C26H34O6/c1-18(9-13-24(26(4,5)29)31-20(3)27)7-6-8-19(2)15-16-30-22-12-10-21-11-14-25(28)32-23(21)17-22/h7,10-12,14-15,17,24,29H,6,8-9,13,16H2,1-5H3/t24-/m1/s1. The van der Waals surface area contributed by atoms with E-state index in [4.69, 9.17) is 13.9 Å². The zero-order valence-electron chi connectivity index (χ0n) is 19.6. The number of hydrogen-bond donors (Lipinski definition) is 1. The van der Waals surface area contributed by atoms with Gasteiger partial charge in [0, 0.05) is 24.4 Å². The third-order valence-electron chi connectivity index (χ3n) is 5.20. The molecule has 2 aromatic rings. The molecule has 0 bridgehead atoms. The molecule has 0 fully saturated rings. The quantitative estimate of drug-likeness (QED) is 0.288. The number of allylic oxidation sites excluding steroid dienone is 3. The largest absolute Gasteiger partial charge is 0.489 e. The number of esters is 1. The van der Waals surface area contributed by atoms with E-state index in [0.717, 1.165) is 24.6 Å². The maximum atomic E-state index is 11.4. The average molecular weight is 443 g/mol. The van der Waals surface area contributed by atoms with Crippen LogP contribution < -0.4 is 10.4 Å². The van der Waals surface area contributed by atoms with Gasteiger partial charge < -0.3 is 19.0 Å². The molecule has 0 spiro atoms. The molecule has 0 radical (unpaired) electrons. The van der Waals surface area contributed by atoms with Gasteiger partial charge in [-0.25, -0.2) is 4.79 Å². The third kappa shape index (κ3) is 8.71. The van der Waals surface area contributed by atoms with Gasteiger partial charge in [-0.05, 0) is 77.7 Å². The summed E-state index contributed by atoms with van der Waals surface area (Å²) in [5, 5.41) is 11.0. The van der Waals surface area contributed by atoms with Crippen LogP contribution in [0.15, 0.2) is 62.8 Å². The van der Waals surface area contributed by atoms with Crippen molar-refractivity contribution in [2.75, 3.05) is 6.61 Å². The van der Waals surface area contributed by atoms with Crippen molar-refractivity contribution >= 4 is 16.9 Å². The molecular formula is C26H34O6. The van der Waals surface area contributed by atoms with E-state index in [9.17, 15) is 14.7 Å². The molecule has 1 N–H and O–H groups in total. The summed E-state index contributed by atoms with van der Waals surface area (Å²) < 4.78 is 16.2. The number of rotatable bonds is 11. The van der Waals surface area contributed by atoms with Gasteiger partial charge in [0.15, 0.2) is 0 Å². The minimum atomic E-state index is -1.07. The van der Waals surface area contributed by atoms with E-state index in [1.54, 1.807) is 26.0 Å². The molecule has 0 aliphatic heterocycles. The number of ether oxygens (including phenoxy) is 2. The predicted octanol–water partition coefficient (Wildman–Crippen LogP) is 5.33. The second-order valence-electron chi connectivity index (χ2n) is 8.70. The summed E-state index contributed by atoms with van der Waals surface area (Å²) in [6.07, 6.45) is 6.84. The Morgan fingerprint density at radius 1 is 1.09 bits per heavy atom. The molecule has 1 aromatic carbocycles. The Hall–Kier alpha value is -2.86. The van der Waals surface area contributed by atoms with Crippen molar-refractivity contribution < 1.29 is 23.8 Å². The molecule has 0 amide bonds. The lowest BCUT2D eigenvalue weighted by Crippen LogP contribution is -2.39. The van der Waals surface area contributed by atoms with Gasteiger partial charge in [0.1, 0.15) is 24.0 Å². The Labute approximate surface area is 189 Å². The first-order valence-corrected chi connectivity index (χ1v) is 10.9. The van der Waals surface area contributed by atoms with Crippen LogP contribution in [0.1, 0.15) is 60.3 Å². The summed E-state index contributed by atoms with van der Waals surface area (Å²) >= 11 is 0. The molecule has 2 rings (SSSR count). The molecule has 32 heavy (non-hydrogen) atoms. The van der Waals surface area contributed by atoms with Crippen LogP contribution in [-0.4, -0.2) is 29.4 Å². The Morgan fingerprint density at radius 2 is 1.78 bits per heavy atom. The van der Waals surface area contributed by atoms with Gasteiger partial charge in [0.25, 0.3) is 0 Å². The smallest absolute Gasteiger partial charge is 0.336 e. The molecule has 0 unspecified atom stereocenters. The fourth-order valence-electron chi connectivity index (χ4n) is 3.28. The summed E-state index contributed by atoms with van der Waals surface area (Å²) in [4.78, 5) is 22.6. The lowest BCUT2D eigenvalue weighted by molar-refractivity contribution is -0.159. The van der Waals surface area contributed by atoms with Crippen LogP contribution in [0.25, 0.3) is 11.0 Å². The average Bonchev–Trinajstić information content (AvgIpc) is 2.69. The highest BCUT2D eigenvalue weighted by molar-refractivity contribution is 5.77. The van der Waals surface area contributed by atoms with Crippen molar-refractivity contribution in [3.05, 3.63) is 64.1 Å². The first-order valence-electron chi connectivity index (χ1n) is 10.9. The maximum absolute atomic E-state index is 11.4. The van der Waals surface area contributed by atoms with E-state index < -0.39 is 11.7 Å². The van der Waals surface area contributed by atoms with Crippen molar-refractivity contribution in [3.63, 3.8) is 0 Å². The highest BCUT2D eigenvalue weighted by Gasteiger charge is 2.29. The van der Waals surface area contributed by atoms with Gasteiger partial charge in [0.05, 0.1) is 5.60 Å². The second-order valence-corrected chi connectivity index (χ2v) is 8.70. The molecule has 0 saturated heterocycles. The molecule has 174 valence electrons. The lowest BCUT2D eigenvalue weighted by Gasteiger charge is -2.28. The maximum Gasteiger partial charge on any atom is 0.336 e. The minimum absolute atomic E-state index is 0.379. The molecule has 0 aliphatic carbocycles. The van der Waals surface area contributed by atoms with Crippen molar-refractivity contribution in [1.29, 1.82) is 0 Å². The molecule has 6 heteroatoms. The fraction of sp³-hybridized carbons (Fsp3) is 0.462. The summed E-state index contributed by atoms with van der Waals surface area (Å²) in [5.74, 6) is 0.274. The summed E-state index contributed by atoms with van der Waals surface area (Å²) in [5.41, 5.74) is 1.48. The molecule has 1 heterocycles. The van der Waals surface area contributed by atoms with Gasteiger partial charge >= 0.3 is 11.6 Å². The molecule has 0 aliphatic rings. The lowest BCUT2D eigenvalue weighted by atomic mass is 9.95. The van der Waals surface area contributed by atoms with Crippen LogP contribution in [0.3, 0.4) is 0 Å². The second kappa shape index (κ2) is 11.7. The van der Waals surface area contributed by atoms with E-state index in [1.165, 1.54) is 24.1 Å². The minimum Gasteiger partial charge on any atom is -0.489 e. The number of benzene rings is 1. The summed E-state index contributed by atoms with van der Waals surface area (Å²) in [6.45, 7) is 9.23. The Bertz CT molecular complexity index is 1020. The molecule has 1 aromatic heterocycles. The summed E-state index contributed by atoms with van der Waals surface area (Å²) in [7, 11) is 0. The number of carbonyl (C=O) groups is 1. The highest BCUT2D eigenvalue weighted by Crippen LogP contribution is 2.22. The zero-order chi connectivity index (χ0) is 23.7. The third-order valence-corrected chi connectivity index (χ3v) is 5.20. The zero-order valence-corrected chi connectivity index (χ0v) is 19.6. The van der Waals surface area contributed by atoms with Gasteiger partial charge in [0.2, 0.25) is 0 Å². The first-order chi connectivity index (χ1) is 15.0. The topological polar surface area (TPSA) is 86.0 Å². The Kier molecular flexibility index (Phi) is 9.27. The van der Waals surface area contributed by atoms with Crippen molar-refractivity contribution in [2.45, 2.75) is 72.0 Å². The Morgan fingerprint density at radius 3 is 2.47 bits per heavy atom. The van der Waals surface area contributed by atoms with Crippen LogP contribution >= 0.6 is 0 Å².